The number of benzene rings is 3. The molecule has 1 aliphatic rings. The van der Waals surface area contributed by atoms with Crippen LogP contribution in [0.3, 0.4) is 0 Å². The van der Waals surface area contributed by atoms with E-state index in [1.165, 1.54) is 4.90 Å². The molecule has 304 valence electrons. The van der Waals surface area contributed by atoms with Crippen LogP contribution in [0.2, 0.25) is 0 Å². The third-order valence-corrected chi connectivity index (χ3v) is 11.5. The van der Waals surface area contributed by atoms with E-state index in [1.807, 2.05) is 106 Å². The molecule has 12 nitrogen and oxygen atoms in total. The van der Waals surface area contributed by atoms with Crippen molar-refractivity contribution in [2.24, 2.45) is 5.41 Å². The van der Waals surface area contributed by atoms with Crippen LogP contribution < -0.4 is 15.4 Å². The summed E-state index contributed by atoms with van der Waals surface area (Å²) in [4.78, 5) is 68.3. The minimum Gasteiger partial charge on any atom is -0.494 e. The van der Waals surface area contributed by atoms with Gasteiger partial charge < -0.3 is 30.4 Å². The molecule has 1 fully saturated rings. The summed E-state index contributed by atoms with van der Waals surface area (Å²) in [5.74, 6) is -0.525. The van der Waals surface area contributed by atoms with Gasteiger partial charge in [-0.25, -0.2) is 9.97 Å². The van der Waals surface area contributed by atoms with Crippen LogP contribution in [0, 0.1) is 12.3 Å². The van der Waals surface area contributed by atoms with E-state index in [-0.39, 0.29) is 50.1 Å². The lowest BCUT2D eigenvalue weighted by Crippen LogP contribution is -2.57. The van der Waals surface area contributed by atoms with E-state index in [1.54, 1.807) is 35.9 Å². The predicted molar refractivity (Wildman–Crippen MR) is 228 cm³/mol. The van der Waals surface area contributed by atoms with Crippen LogP contribution in [0.25, 0.3) is 32.6 Å². The lowest BCUT2D eigenvalue weighted by molar-refractivity contribution is -0.144. The van der Waals surface area contributed by atoms with Crippen molar-refractivity contribution in [2.75, 3.05) is 13.2 Å². The smallest absolute Gasteiger partial charge is 0.246 e. The van der Waals surface area contributed by atoms with E-state index < -0.39 is 29.5 Å². The zero-order valence-corrected chi connectivity index (χ0v) is 34.3. The van der Waals surface area contributed by atoms with Gasteiger partial charge in [-0.2, -0.15) is 0 Å². The fraction of sp³-hybridized carbons (Fsp3) is 0.304. The fourth-order valence-corrected chi connectivity index (χ4v) is 8.09. The van der Waals surface area contributed by atoms with E-state index in [9.17, 15) is 24.3 Å². The molecule has 0 aliphatic carbocycles. The molecule has 1 aliphatic heterocycles. The summed E-state index contributed by atoms with van der Waals surface area (Å²) in [5.41, 5.74) is 7.62. The monoisotopic (exact) mass is 812 g/mol. The van der Waals surface area contributed by atoms with Gasteiger partial charge in [-0.1, -0.05) is 87.5 Å². The highest BCUT2D eigenvalue weighted by molar-refractivity contribution is 7.13. The first kappa shape index (κ1) is 41.0. The summed E-state index contributed by atoms with van der Waals surface area (Å²) in [6.45, 7) is 8.09. The highest BCUT2D eigenvalue weighted by atomic mass is 32.1. The number of fused-ring (bicyclic) bond motifs is 1. The molecular weight excluding hydrogens is 765 g/mol. The zero-order valence-electron chi connectivity index (χ0n) is 33.5. The SMILES string of the molecule is Cc1ncsc1-c1ccc(CNC(=O)[C@@H]2C[C@@H](O)CN2C(=O)[C@@H](NC(=O)CCCOc2ccc(-c3cnc4[nH]cc(C(=O)c5ccccc5)c4c3)cc2)C(C)(C)C)cc1. The molecular formula is C46H48N6O6S. The maximum atomic E-state index is 14.0. The first-order valence-corrected chi connectivity index (χ1v) is 20.6. The molecule has 0 spiro atoms. The number of carbonyl (C=O) groups excluding carboxylic acids is 4. The molecule has 3 aromatic heterocycles. The highest BCUT2D eigenvalue weighted by Crippen LogP contribution is 2.30. The second kappa shape index (κ2) is 17.8. The molecule has 4 N–H and O–H groups in total. The van der Waals surface area contributed by atoms with Crippen LogP contribution in [-0.4, -0.2) is 79.8 Å². The molecule has 59 heavy (non-hydrogen) atoms. The number of hydrogen-bond donors (Lipinski definition) is 4. The average molecular weight is 813 g/mol. The van der Waals surface area contributed by atoms with Gasteiger partial charge in [-0.3, -0.25) is 19.2 Å². The number of hydrogen-bond acceptors (Lipinski definition) is 9. The predicted octanol–water partition coefficient (Wildman–Crippen LogP) is 6.86. The number of pyridine rings is 1. The van der Waals surface area contributed by atoms with Crippen molar-refractivity contribution in [2.45, 2.75) is 71.7 Å². The standard InChI is InChI=1S/C46H48N6O6S/c1-28-41(59-27-50-28)32-14-12-29(13-15-32)23-49-44(56)38-22-34(53)26-52(38)45(57)42(46(2,3)4)51-39(54)11-8-20-58-35-18-16-30(17-19-35)33-21-36-37(25-48-43(36)47-24-33)40(55)31-9-6-5-7-10-31/h5-7,9-10,12-19,21,24-25,27,34,38,42,53H,8,11,20,22-23,26H2,1-4H3,(H,47,48)(H,49,56)(H,51,54)/t34-,38+,42-/m1/s1. The Hall–Kier alpha value is -6.18. The number of aromatic nitrogens is 3. The number of H-pyrrole nitrogens is 1. The first-order valence-electron chi connectivity index (χ1n) is 19.7. The highest BCUT2D eigenvalue weighted by Gasteiger charge is 2.44. The Balaban J connectivity index is 0.902. The Morgan fingerprint density at radius 2 is 1.69 bits per heavy atom. The third-order valence-electron chi connectivity index (χ3n) is 10.5. The van der Waals surface area contributed by atoms with Crippen LogP contribution in [0.4, 0.5) is 0 Å². The number of ether oxygens (including phenoxy) is 1. The number of thiazole rings is 1. The number of aliphatic hydroxyl groups is 1. The molecule has 0 unspecified atom stereocenters. The van der Waals surface area contributed by atoms with Crippen LogP contribution in [-0.2, 0) is 20.9 Å². The van der Waals surface area contributed by atoms with E-state index in [0.29, 0.717) is 28.9 Å². The van der Waals surface area contributed by atoms with Gasteiger partial charge in [0.05, 0.1) is 28.8 Å². The summed E-state index contributed by atoms with van der Waals surface area (Å²) in [6, 6.07) is 24.7. The van der Waals surface area contributed by atoms with Gasteiger partial charge in [-0.05, 0) is 53.6 Å². The minimum absolute atomic E-state index is 0.00110. The number of amides is 3. The van der Waals surface area contributed by atoms with Crippen molar-refractivity contribution < 1.29 is 29.0 Å². The van der Waals surface area contributed by atoms with Crippen molar-refractivity contribution in [1.82, 2.24) is 30.5 Å². The van der Waals surface area contributed by atoms with Gasteiger partial charge >= 0.3 is 0 Å². The van der Waals surface area contributed by atoms with Gasteiger partial charge in [0.2, 0.25) is 17.7 Å². The van der Waals surface area contributed by atoms with Crippen LogP contribution in [0.5, 0.6) is 5.75 Å². The summed E-state index contributed by atoms with van der Waals surface area (Å²) in [5, 5.41) is 17.2. The minimum atomic E-state index is -0.917. The number of aliphatic hydroxyl groups excluding tert-OH is 1. The Bertz CT molecular complexity index is 2440. The Kier molecular flexibility index (Phi) is 12.3. The van der Waals surface area contributed by atoms with E-state index >= 15 is 0 Å². The maximum Gasteiger partial charge on any atom is 0.246 e. The van der Waals surface area contributed by atoms with Crippen LogP contribution in [0.15, 0.2) is 103 Å². The number of ketones is 1. The van der Waals surface area contributed by atoms with Crippen molar-refractivity contribution >= 4 is 45.9 Å². The normalized spacial score (nSPS) is 15.8. The largest absolute Gasteiger partial charge is 0.494 e. The Morgan fingerprint density at radius 1 is 0.966 bits per heavy atom. The van der Waals surface area contributed by atoms with E-state index in [2.05, 4.69) is 25.6 Å². The molecule has 0 radical (unpaired) electrons. The molecule has 3 atom stereocenters. The molecule has 6 aromatic rings. The number of nitrogens with one attached hydrogen (secondary N) is 3. The number of carbonyl (C=O) groups is 4. The molecule has 13 heteroatoms. The van der Waals surface area contributed by atoms with Crippen molar-refractivity contribution in [3.05, 3.63) is 125 Å². The molecule has 0 saturated carbocycles. The van der Waals surface area contributed by atoms with E-state index in [4.69, 9.17) is 4.74 Å². The molecule has 7 rings (SSSR count). The molecule has 3 amide bonds. The fourth-order valence-electron chi connectivity index (χ4n) is 7.27. The Morgan fingerprint density at radius 3 is 2.39 bits per heavy atom. The van der Waals surface area contributed by atoms with Crippen LogP contribution in [0.1, 0.15) is 67.2 Å². The van der Waals surface area contributed by atoms with Gasteiger partial charge in [0.25, 0.3) is 0 Å². The maximum absolute atomic E-state index is 14.0. The first-order chi connectivity index (χ1) is 28.4. The Labute approximate surface area is 347 Å². The van der Waals surface area contributed by atoms with E-state index in [0.717, 1.165) is 38.2 Å². The second-order valence-electron chi connectivity index (χ2n) is 15.9. The summed E-state index contributed by atoms with van der Waals surface area (Å²) < 4.78 is 5.95. The van der Waals surface area contributed by atoms with Crippen LogP contribution >= 0.6 is 11.3 Å². The number of likely N-dealkylation sites (tertiary alicyclic amines) is 1. The van der Waals surface area contributed by atoms with Crippen molar-refractivity contribution in [3.8, 4) is 27.3 Å². The van der Waals surface area contributed by atoms with Gasteiger partial charge in [0.15, 0.2) is 5.78 Å². The number of nitrogens with zero attached hydrogens (tertiary/aromatic N) is 3. The molecule has 1 saturated heterocycles. The number of aryl methyl sites for hydroxylation is 1. The summed E-state index contributed by atoms with van der Waals surface area (Å²) in [7, 11) is 0. The topological polar surface area (TPSA) is 167 Å². The molecule has 3 aromatic carbocycles. The van der Waals surface area contributed by atoms with Crippen molar-refractivity contribution in [3.63, 3.8) is 0 Å². The van der Waals surface area contributed by atoms with Gasteiger partial charge in [0.1, 0.15) is 23.5 Å². The lowest BCUT2D eigenvalue weighted by atomic mass is 9.85. The summed E-state index contributed by atoms with van der Waals surface area (Å²) in [6.07, 6.45) is 3.23. The van der Waals surface area contributed by atoms with Gasteiger partial charge in [0, 0.05) is 60.4 Å². The molecule has 4 heterocycles. The van der Waals surface area contributed by atoms with Gasteiger partial charge in [-0.15, -0.1) is 11.3 Å². The number of aromatic amines is 1. The zero-order chi connectivity index (χ0) is 41.7. The molecule has 0 bridgehead atoms. The number of rotatable bonds is 14. The summed E-state index contributed by atoms with van der Waals surface area (Å²) >= 11 is 1.58. The average Bonchev–Trinajstić information content (AvgIpc) is 3.98. The second-order valence-corrected chi connectivity index (χ2v) is 16.8. The third kappa shape index (κ3) is 9.59. The lowest BCUT2D eigenvalue weighted by Gasteiger charge is -2.35. The quantitative estimate of drug-likeness (QED) is 0.0684. The van der Waals surface area contributed by atoms with Crippen molar-refractivity contribution in [1.29, 1.82) is 0 Å². The number of β-amino-alcohol motifs (C(OH)–C–C–N with tert-alkyl or cyclic N) is 1.